The van der Waals surface area contributed by atoms with Crippen molar-refractivity contribution < 1.29 is 13.9 Å². The molecule has 0 saturated heterocycles. The molecule has 0 fully saturated rings. The van der Waals surface area contributed by atoms with Gasteiger partial charge in [-0.3, -0.25) is 4.79 Å². The molecular weight excluding hydrogens is 372 g/mol. The summed E-state index contributed by atoms with van der Waals surface area (Å²) in [5, 5.41) is 0.644. The maximum absolute atomic E-state index is 13.0. The van der Waals surface area contributed by atoms with E-state index in [1.165, 1.54) is 0 Å². The van der Waals surface area contributed by atoms with Crippen LogP contribution < -0.4 is 20.7 Å². The van der Waals surface area contributed by atoms with Gasteiger partial charge in [-0.05, 0) is 36.8 Å². The molecule has 3 heterocycles. The van der Waals surface area contributed by atoms with Crippen molar-refractivity contribution in [3.63, 3.8) is 0 Å². The molecule has 0 bridgehead atoms. The van der Waals surface area contributed by atoms with Crippen molar-refractivity contribution in [3.8, 4) is 17.4 Å². The van der Waals surface area contributed by atoms with Crippen molar-refractivity contribution in [2.24, 2.45) is 0 Å². The fraction of sp³-hybridized carbons (Fsp3) is 0.136. The number of hydrogen-bond acceptors (Lipinski definition) is 6. The second-order valence-electron chi connectivity index (χ2n) is 6.81. The first-order valence-corrected chi connectivity index (χ1v) is 9.05. The highest BCUT2D eigenvalue weighted by Crippen LogP contribution is 2.46. The highest BCUT2D eigenvalue weighted by Gasteiger charge is 2.37. The molecule has 2 aromatic carbocycles. The Morgan fingerprint density at radius 2 is 1.79 bits per heavy atom. The predicted molar refractivity (Wildman–Crippen MR) is 106 cm³/mol. The molecule has 0 radical (unpaired) electrons. The fourth-order valence-corrected chi connectivity index (χ4v) is 3.77. The summed E-state index contributed by atoms with van der Waals surface area (Å²) in [5.41, 5.74) is 0.787. The summed E-state index contributed by atoms with van der Waals surface area (Å²) in [7, 11) is 1.58. The zero-order chi connectivity index (χ0) is 20.1. The van der Waals surface area contributed by atoms with Gasteiger partial charge in [-0.2, -0.15) is 4.98 Å². The van der Waals surface area contributed by atoms with E-state index in [9.17, 15) is 9.59 Å². The Morgan fingerprint density at radius 1 is 1.03 bits per heavy atom. The molecule has 0 amide bonds. The van der Waals surface area contributed by atoms with Gasteiger partial charge >= 0.3 is 5.63 Å². The lowest BCUT2D eigenvalue weighted by molar-refractivity contribution is 0.413. The van der Waals surface area contributed by atoms with Crippen LogP contribution in [0.5, 0.6) is 17.4 Å². The van der Waals surface area contributed by atoms with Gasteiger partial charge in [0.2, 0.25) is 5.88 Å². The van der Waals surface area contributed by atoms with E-state index in [0.717, 1.165) is 5.56 Å². The van der Waals surface area contributed by atoms with Gasteiger partial charge in [0.05, 0.1) is 29.5 Å². The lowest BCUT2D eigenvalue weighted by Crippen LogP contribution is -2.28. The average molecular weight is 388 g/mol. The number of aromatic nitrogens is 2. The number of fused-ring (bicyclic) bond motifs is 4. The second kappa shape index (κ2) is 6.34. The molecule has 0 aliphatic carbocycles. The van der Waals surface area contributed by atoms with Crippen molar-refractivity contribution in [3.05, 3.63) is 91.8 Å². The number of para-hydroxylation sites is 1. The Balaban J connectivity index is 1.88. The molecule has 0 saturated carbocycles. The zero-order valence-electron chi connectivity index (χ0n) is 15.7. The molecule has 1 atom stereocenters. The summed E-state index contributed by atoms with van der Waals surface area (Å²) in [4.78, 5) is 32.9. The lowest BCUT2D eigenvalue weighted by atomic mass is 9.84. The van der Waals surface area contributed by atoms with Crippen molar-refractivity contribution >= 4 is 11.0 Å². The summed E-state index contributed by atoms with van der Waals surface area (Å²) in [6, 6.07) is 14.3. The number of nitrogens with zero attached hydrogens (tertiary/aromatic N) is 1. The van der Waals surface area contributed by atoms with Crippen LogP contribution in [0.2, 0.25) is 0 Å². The molecule has 0 spiro atoms. The molecular formula is C22H16N2O5. The number of methoxy groups -OCH3 is 1. The largest absolute Gasteiger partial charge is 0.497 e. The normalized spacial score (nSPS) is 14.8. The molecule has 2 aromatic heterocycles. The first-order chi connectivity index (χ1) is 14.1. The van der Waals surface area contributed by atoms with Crippen LogP contribution in [0.15, 0.2) is 62.5 Å². The van der Waals surface area contributed by atoms with E-state index in [0.29, 0.717) is 28.3 Å². The van der Waals surface area contributed by atoms with E-state index in [1.807, 2.05) is 24.3 Å². The van der Waals surface area contributed by atoms with Crippen LogP contribution in [0.25, 0.3) is 11.0 Å². The molecule has 1 aliphatic heterocycles. The van der Waals surface area contributed by atoms with Gasteiger partial charge < -0.3 is 18.9 Å². The smallest absolute Gasteiger partial charge is 0.344 e. The van der Waals surface area contributed by atoms with Crippen LogP contribution in [0.4, 0.5) is 0 Å². The van der Waals surface area contributed by atoms with Crippen molar-refractivity contribution in [1.29, 1.82) is 0 Å². The van der Waals surface area contributed by atoms with Gasteiger partial charge in [0.25, 0.3) is 5.56 Å². The summed E-state index contributed by atoms with van der Waals surface area (Å²) in [6.45, 7) is 1.68. The van der Waals surface area contributed by atoms with E-state index in [2.05, 4.69) is 9.97 Å². The highest BCUT2D eigenvalue weighted by atomic mass is 16.5. The number of aryl methyl sites for hydroxylation is 1. The Kier molecular flexibility index (Phi) is 3.77. The maximum Gasteiger partial charge on any atom is 0.344 e. The van der Waals surface area contributed by atoms with Crippen LogP contribution >= 0.6 is 0 Å². The van der Waals surface area contributed by atoms with Gasteiger partial charge in [0.1, 0.15) is 17.2 Å². The van der Waals surface area contributed by atoms with E-state index >= 15 is 0 Å². The molecule has 4 aromatic rings. The summed E-state index contributed by atoms with van der Waals surface area (Å²) >= 11 is 0. The van der Waals surface area contributed by atoms with Crippen molar-refractivity contribution in [1.82, 2.24) is 9.97 Å². The molecule has 29 heavy (non-hydrogen) atoms. The standard InChI is InChI=1S/C22H16N2O5/c1-11-23-20(25)18-16(12-7-9-13(27-2)10-8-12)17-19(29-21(18)24-11)14-5-3-4-6-15(14)28-22(17)26/h3-10,16H,1-2H3,(H,23,24,25)/t16-/m0/s1. The number of rotatable bonds is 2. The van der Waals surface area contributed by atoms with Crippen LogP contribution in [-0.4, -0.2) is 17.1 Å². The minimum atomic E-state index is -0.683. The molecule has 7 heteroatoms. The number of hydrogen-bond donors (Lipinski definition) is 1. The Labute approximate surface area is 164 Å². The molecule has 1 N–H and O–H groups in total. The lowest BCUT2D eigenvalue weighted by Gasteiger charge is -2.26. The molecule has 1 aliphatic rings. The van der Waals surface area contributed by atoms with Gasteiger partial charge in [-0.15, -0.1) is 0 Å². The monoisotopic (exact) mass is 388 g/mol. The third kappa shape index (κ3) is 2.62. The average Bonchev–Trinajstić information content (AvgIpc) is 2.72. The maximum atomic E-state index is 13.0. The van der Waals surface area contributed by atoms with Gasteiger partial charge in [-0.1, -0.05) is 24.3 Å². The van der Waals surface area contributed by atoms with Crippen LogP contribution in [0.3, 0.4) is 0 Å². The third-order valence-electron chi connectivity index (χ3n) is 5.06. The fourth-order valence-electron chi connectivity index (χ4n) is 3.77. The number of benzene rings is 2. The highest BCUT2D eigenvalue weighted by molar-refractivity contribution is 5.86. The first kappa shape index (κ1) is 17.2. The van der Waals surface area contributed by atoms with Crippen molar-refractivity contribution in [2.75, 3.05) is 7.11 Å². The minimum Gasteiger partial charge on any atom is -0.497 e. The Bertz CT molecular complexity index is 1370. The number of nitrogens with one attached hydrogen (secondary N) is 1. The van der Waals surface area contributed by atoms with E-state index in [-0.39, 0.29) is 22.6 Å². The van der Waals surface area contributed by atoms with Crippen LogP contribution in [-0.2, 0) is 0 Å². The second-order valence-corrected chi connectivity index (χ2v) is 6.81. The Hall–Kier alpha value is -3.87. The number of aromatic amines is 1. The van der Waals surface area contributed by atoms with Crippen LogP contribution in [0.1, 0.15) is 28.4 Å². The van der Waals surface area contributed by atoms with Crippen LogP contribution in [0, 0.1) is 6.92 Å². The van der Waals surface area contributed by atoms with Crippen molar-refractivity contribution in [2.45, 2.75) is 12.8 Å². The number of H-pyrrole nitrogens is 1. The molecule has 5 rings (SSSR count). The molecule has 7 nitrogen and oxygen atoms in total. The van der Waals surface area contributed by atoms with E-state index in [4.69, 9.17) is 13.9 Å². The predicted octanol–water partition coefficient (Wildman–Crippen LogP) is 3.48. The SMILES string of the molecule is COc1ccc([C@@H]2c3c(nc(C)[nH]c3=O)Oc3c2c(=O)oc2ccccc32)cc1. The first-order valence-electron chi connectivity index (χ1n) is 9.05. The molecule has 144 valence electrons. The topological polar surface area (TPSA) is 94.4 Å². The number of ether oxygens (including phenoxy) is 2. The third-order valence-corrected chi connectivity index (χ3v) is 5.06. The Morgan fingerprint density at radius 3 is 2.55 bits per heavy atom. The van der Waals surface area contributed by atoms with E-state index < -0.39 is 11.5 Å². The van der Waals surface area contributed by atoms with Gasteiger partial charge in [0, 0.05) is 0 Å². The van der Waals surface area contributed by atoms with Gasteiger partial charge in [0.15, 0.2) is 5.75 Å². The zero-order valence-corrected chi connectivity index (χ0v) is 15.7. The summed E-state index contributed by atoms with van der Waals surface area (Å²) in [6.07, 6.45) is 0. The summed E-state index contributed by atoms with van der Waals surface area (Å²) < 4.78 is 16.8. The van der Waals surface area contributed by atoms with E-state index in [1.54, 1.807) is 38.3 Å². The minimum absolute atomic E-state index is 0.190. The van der Waals surface area contributed by atoms with Gasteiger partial charge in [-0.25, -0.2) is 4.79 Å². The quantitative estimate of drug-likeness (QED) is 0.465. The molecule has 0 unspecified atom stereocenters. The summed E-state index contributed by atoms with van der Waals surface area (Å²) in [5.74, 6) is 0.969.